The zero-order valence-electron chi connectivity index (χ0n) is 12.8. The summed E-state index contributed by atoms with van der Waals surface area (Å²) in [6.07, 6.45) is 11.4. The molecule has 0 spiro atoms. The Morgan fingerprint density at radius 2 is 2.18 bits per heavy atom. The number of allylic oxidation sites excluding steroid dienone is 3. The van der Waals surface area contributed by atoms with Crippen LogP contribution < -0.4 is 5.32 Å². The van der Waals surface area contributed by atoms with E-state index in [0.29, 0.717) is 6.04 Å². The van der Waals surface area contributed by atoms with E-state index in [9.17, 15) is 0 Å². The molecule has 0 saturated heterocycles. The molecule has 0 unspecified atom stereocenters. The molecule has 2 aliphatic heterocycles. The summed E-state index contributed by atoms with van der Waals surface area (Å²) in [6, 6.07) is 9.36. The number of nitrogens with zero attached hydrogens (tertiary/aromatic N) is 1. The van der Waals surface area contributed by atoms with Crippen LogP contribution in [-0.4, -0.2) is 30.3 Å². The molecule has 1 aromatic carbocycles. The van der Waals surface area contributed by atoms with Gasteiger partial charge in [-0.2, -0.15) is 0 Å². The number of hydrogen-bond donors (Lipinski definition) is 1. The normalized spacial score (nSPS) is 22.9. The highest BCUT2D eigenvalue weighted by molar-refractivity contribution is 7.99. The van der Waals surface area contributed by atoms with E-state index in [1.54, 1.807) is 0 Å². The monoisotopic (exact) mass is 310 g/mol. The Morgan fingerprint density at radius 1 is 1.23 bits per heavy atom. The summed E-state index contributed by atoms with van der Waals surface area (Å²) < 4.78 is 0. The SMILES string of the molecule is C1=CCC2=CN(CCN[C@H]3CCSc4ccccc43)CC2=C1. The Kier molecular flexibility index (Phi) is 4.09. The molecule has 0 aromatic heterocycles. The number of benzene rings is 1. The maximum Gasteiger partial charge on any atom is 0.0428 e. The molecule has 1 N–H and O–H groups in total. The largest absolute Gasteiger partial charge is 0.372 e. The predicted octanol–water partition coefficient (Wildman–Crippen LogP) is 3.90. The van der Waals surface area contributed by atoms with Gasteiger partial charge in [0.15, 0.2) is 0 Å². The van der Waals surface area contributed by atoms with E-state index >= 15 is 0 Å². The van der Waals surface area contributed by atoms with Crippen molar-refractivity contribution in [2.24, 2.45) is 0 Å². The fourth-order valence-electron chi connectivity index (χ4n) is 3.47. The second-order valence-corrected chi connectivity index (χ2v) is 7.27. The number of thioether (sulfide) groups is 1. The lowest BCUT2D eigenvalue weighted by Crippen LogP contribution is -2.32. The van der Waals surface area contributed by atoms with Gasteiger partial charge in [-0.05, 0) is 41.4 Å². The molecule has 3 heteroatoms. The molecule has 0 radical (unpaired) electrons. The van der Waals surface area contributed by atoms with Gasteiger partial charge < -0.3 is 10.2 Å². The van der Waals surface area contributed by atoms with Crippen LogP contribution in [0.15, 0.2) is 64.7 Å². The van der Waals surface area contributed by atoms with Gasteiger partial charge in [-0.3, -0.25) is 0 Å². The van der Waals surface area contributed by atoms with Crippen LogP contribution in [-0.2, 0) is 0 Å². The van der Waals surface area contributed by atoms with Crippen molar-refractivity contribution >= 4 is 11.8 Å². The highest BCUT2D eigenvalue weighted by Crippen LogP contribution is 2.35. The van der Waals surface area contributed by atoms with Crippen LogP contribution in [0, 0.1) is 0 Å². The fourth-order valence-corrected chi connectivity index (χ4v) is 4.60. The van der Waals surface area contributed by atoms with Crippen LogP contribution in [0.4, 0.5) is 0 Å². The summed E-state index contributed by atoms with van der Waals surface area (Å²) in [6.45, 7) is 3.22. The zero-order chi connectivity index (χ0) is 14.8. The third kappa shape index (κ3) is 2.88. The van der Waals surface area contributed by atoms with Gasteiger partial charge >= 0.3 is 0 Å². The third-order valence-electron chi connectivity index (χ3n) is 4.64. The summed E-state index contributed by atoms with van der Waals surface area (Å²) >= 11 is 1.99. The van der Waals surface area contributed by atoms with Crippen molar-refractivity contribution in [1.82, 2.24) is 10.2 Å². The van der Waals surface area contributed by atoms with Gasteiger partial charge in [0.25, 0.3) is 0 Å². The topological polar surface area (TPSA) is 15.3 Å². The van der Waals surface area contributed by atoms with Crippen LogP contribution >= 0.6 is 11.8 Å². The third-order valence-corrected chi connectivity index (χ3v) is 5.77. The first-order valence-corrected chi connectivity index (χ1v) is 9.14. The second-order valence-electron chi connectivity index (χ2n) is 6.13. The minimum Gasteiger partial charge on any atom is -0.372 e. The van der Waals surface area contributed by atoms with Gasteiger partial charge in [-0.25, -0.2) is 0 Å². The smallest absolute Gasteiger partial charge is 0.0428 e. The Labute approximate surface area is 137 Å². The number of fused-ring (bicyclic) bond motifs is 2. The molecular formula is C19H22N2S. The Bertz CT molecular complexity index is 645. The van der Waals surface area contributed by atoms with Crippen LogP contribution in [0.3, 0.4) is 0 Å². The molecule has 3 aliphatic rings. The highest BCUT2D eigenvalue weighted by Gasteiger charge is 2.21. The van der Waals surface area contributed by atoms with Gasteiger partial charge in [-0.15, -0.1) is 11.8 Å². The van der Waals surface area contributed by atoms with Crippen molar-refractivity contribution in [1.29, 1.82) is 0 Å². The van der Waals surface area contributed by atoms with Crippen LogP contribution in [0.1, 0.15) is 24.4 Å². The minimum atomic E-state index is 0.524. The first kappa shape index (κ1) is 14.2. The van der Waals surface area contributed by atoms with Gasteiger partial charge in [0.1, 0.15) is 0 Å². The van der Waals surface area contributed by atoms with Crippen LogP contribution in [0.5, 0.6) is 0 Å². The maximum atomic E-state index is 3.77. The number of rotatable bonds is 4. The van der Waals surface area contributed by atoms with Crippen molar-refractivity contribution in [3.8, 4) is 0 Å². The van der Waals surface area contributed by atoms with E-state index in [1.165, 1.54) is 33.8 Å². The molecule has 1 aliphatic carbocycles. The second kappa shape index (κ2) is 6.35. The first-order chi connectivity index (χ1) is 10.9. The average Bonchev–Trinajstić information content (AvgIpc) is 2.98. The van der Waals surface area contributed by atoms with E-state index in [4.69, 9.17) is 0 Å². The molecule has 4 rings (SSSR count). The van der Waals surface area contributed by atoms with Gasteiger partial charge in [-0.1, -0.05) is 36.4 Å². The van der Waals surface area contributed by atoms with Gasteiger partial charge in [0.05, 0.1) is 0 Å². The van der Waals surface area contributed by atoms with Crippen molar-refractivity contribution < 1.29 is 0 Å². The quantitative estimate of drug-likeness (QED) is 0.908. The Balaban J connectivity index is 1.33. The Morgan fingerprint density at radius 3 is 3.14 bits per heavy atom. The standard InChI is InChI=1S/C19H22N2S/c1-2-6-16-14-21(13-15(16)5-1)11-10-20-18-9-12-22-19-8-4-3-7-17(18)19/h1-5,7-8,14,18,20H,6,9-13H2/t18-/m0/s1. The average molecular weight is 310 g/mol. The molecule has 1 aromatic rings. The molecule has 1 atom stereocenters. The fraction of sp³-hybridized carbons (Fsp3) is 0.368. The molecule has 2 heterocycles. The molecule has 114 valence electrons. The Hall–Kier alpha value is -1.45. The molecule has 0 saturated carbocycles. The van der Waals surface area contributed by atoms with E-state index in [2.05, 4.69) is 58.9 Å². The molecule has 0 amide bonds. The lowest BCUT2D eigenvalue weighted by atomic mass is 10.0. The van der Waals surface area contributed by atoms with Crippen LogP contribution in [0.2, 0.25) is 0 Å². The molecule has 0 fully saturated rings. The summed E-state index contributed by atoms with van der Waals surface area (Å²) in [5.41, 5.74) is 4.49. The van der Waals surface area contributed by atoms with E-state index in [0.717, 1.165) is 26.1 Å². The molecule has 0 bridgehead atoms. The van der Waals surface area contributed by atoms with Crippen molar-refractivity contribution in [3.63, 3.8) is 0 Å². The van der Waals surface area contributed by atoms with Crippen molar-refractivity contribution in [3.05, 3.63) is 65.4 Å². The van der Waals surface area contributed by atoms with E-state index in [1.807, 2.05) is 11.8 Å². The predicted molar refractivity (Wildman–Crippen MR) is 94.0 cm³/mol. The van der Waals surface area contributed by atoms with Crippen molar-refractivity contribution in [2.45, 2.75) is 23.8 Å². The number of nitrogens with one attached hydrogen (secondary N) is 1. The lowest BCUT2D eigenvalue weighted by molar-refractivity contribution is 0.393. The summed E-state index contributed by atoms with van der Waals surface area (Å²) in [5, 5.41) is 3.77. The lowest BCUT2D eigenvalue weighted by Gasteiger charge is -2.27. The molecule has 2 nitrogen and oxygen atoms in total. The van der Waals surface area contributed by atoms with Gasteiger partial charge in [0, 0.05) is 36.8 Å². The minimum absolute atomic E-state index is 0.524. The van der Waals surface area contributed by atoms with E-state index in [-0.39, 0.29) is 0 Å². The van der Waals surface area contributed by atoms with Gasteiger partial charge in [0.2, 0.25) is 0 Å². The summed E-state index contributed by atoms with van der Waals surface area (Å²) in [7, 11) is 0. The maximum absolute atomic E-state index is 3.77. The molecular weight excluding hydrogens is 288 g/mol. The summed E-state index contributed by atoms with van der Waals surface area (Å²) in [5.74, 6) is 1.22. The first-order valence-electron chi connectivity index (χ1n) is 8.16. The van der Waals surface area contributed by atoms with E-state index < -0.39 is 0 Å². The van der Waals surface area contributed by atoms with Crippen molar-refractivity contribution in [2.75, 3.05) is 25.4 Å². The number of hydrogen-bond acceptors (Lipinski definition) is 3. The van der Waals surface area contributed by atoms with Crippen LogP contribution in [0.25, 0.3) is 0 Å². The summed E-state index contributed by atoms with van der Waals surface area (Å²) in [4.78, 5) is 3.90. The highest BCUT2D eigenvalue weighted by atomic mass is 32.2. The zero-order valence-corrected chi connectivity index (χ0v) is 13.6. The molecule has 22 heavy (non-hydrogen) atoms.